The van der Waals surface area contributed by atoms with Crippen LogP contribution in [0.1, 0.15) is 30.9 Å². The summed E-state index contributed by atoms with van der Waals surface area (Å²) >= 11 is 0. The Balaban J connectivity index is 3.23. The number of hydrogen-bond acceptors (Lipinski definition) is 3. The molecule has 1 rings (SSSR count). The van der Waals surface area contributed by atoms with Crippen molar-refractivity contribution in [1.29, 1.82) is 0 Å². The molecule has 1 aromatic rings. The van der Waals surface area contributed by atoms with Crippen molar-refractivity contribution in [2.75, 3.05) is 13.7 Å². The Morgan fingerprint density at radius 3 is 2.53 bits per heavy atom. The van der Waals surface area contributed by atoms with Gasteiger partial charge in [-0.15, -0.1) is 0 Å². The number of aryl methyl sites for hydroxylation is 1. The first-order valence-corrected chi connectivity index (χ1v) is 5.14. The van der Waals surface area contributed by atoms with Crippen LogP contribution in [0.15, 0.2) is 12.1 Å². The number of ether oxygens (including phenoxy) is 1. The molecule has 0 radical (unpaired) electrons. The van der Waals surface area contributed by atoms with Crippen LogP contribution in [-0.4, -0.2) is 23.9 Å². The lowest BCUT2D eigenvalue weighted by Gasteiger charge is -2.15. The minimum Gasteiger partial charge on any atom is -0.504 e. The predicted molar refractivity (Wildman–Crippen MR) is 59.5 cm³/mol. The average Bonchev–Trinajstić information content (AvgIpc) is 2.28. The van der Waals surface area contributed by atoms with Crippen LogP contribution in [0, 0.1) is 0 Å². The molecular weight excluding hydrogens is 192 g/mol. The van der Waals surface area contributed by atoms with Gasteiger partial charge in [-0.3, -0.25) is 0 Å². The molecule has 3 heteroatoms. The largest absolute Gasteiger partial charge is 0.504 e. The number of benzene rings is 1. The van der Waals surface area contributed by atoms with Crippen molar-refractivity contribution in [1.82, 2.24) is 0 Å². The van der Waals surface area contributed by atoms with Gasteiger partial charge >= 0.3 is 0 Å². The molecular formula is C12H18O3. The van der Waals surface area contributed by atoms with E-state index in [0.29, 0.717) is 5.75 Å². The van der Waals surface area contributed by atoms with Crippen LogP contribution in [0.25, 0.3) is 0 Å². The van der Waals surface area contributed by atoms with Gasteiger partial charge in [0.15, 0.2) is 11.5 Å². The number of phenols is 1. The highest BCUT2D eigenvalue weighted by atomic mass is 16.5. The summed E-state index contributed by atoms with van der Waals surface area (Å²) in [5.74, 6) is 0.534. The third-order valence-electron chi connectivity index (χ3n) is 2.60. The van der Waals surface area contributed by atoms with Gasteiger partial charge in [0, 0.05) is 18.1 Å². The number of aliphatic hydroxyl groups is 1. The molecule has 1 aromatic carbocycles. The first kappa shape index (κ1) is 11.9. The van der Waals surface area contributed by atoms with E-state index in [2.05, 4.69) is 0 Å². The quantitative estimate of drug-likeness (QED) is 0.799. The van der Waals surface area contributed by atoms with Gasteiger partial charge in [0.25, 0.3) is 0 Å². The van der Waals surface area contributed by atoms with E-state index >= 15 is 0 Å². The summed E-state index contributed by atoms with van der Waals surface area (Å²) in [7, 11) is 1.53. The first-order chi connectivity index (χ1) is 7.13. The summed E-state index contributed by atoms with van der Waals surface area (Å²) in [6, 6.07) is 3.74. The van der Waals surface area contributed by atoms with Gasteiger partial charge in [-0.05, 0) is 18.1 Å². The lowest BCUT2D eigenvalue weighted by Crippen LogP contribution is -2.01. The molecule has 0 heterocycles. The van der Waals surface area contributed by atoms with E-state index in [9.17, 15) is 5.11 Å². The molecule has 2 N–H and O–H groups in total. The number of hydrogen-bond donors (Lipinski definition) is 2. The second-order valence-electron chi connectivity index (χ2n) is 3.67. The van der Waals surface area contributed by atoms with Crippen LogP contribution in [-0.2, 0) is 6.42 Å². The summed E-state index contributed by atoms with van der Waals surface area (Å²) in [6.07, 6.45) is 0.877. The van der Waals surface area contributed by atoms with Crippen LogP contribution >= 0.6 is 0 Å². The van der Waals surface area contributed by atoms with Crippen molar-refractivity contribution in [2.45, 2.75) is 26.2 Å². The zero-order valence-electron chi connectivity index (χ0n) is 9.45. The minimum absolute atomic E-state index is 0.0177. The Kier molecular flexibility index (Phi) is 3.97. The molecule has 3 nitrogen and oxygen atoms in total. The lowest BCUT2D eigenvalue weighted by atomic mass is 9.97. The topological polar surface area (TPSA) is 49.7 Å². The Morgan fingerprint density at radius 2 is 2.07 bits per heavy atom. The molecule has 0 bridgehead atoms. The van der Waals surface area contributed by atoms with Gasteiger partial charge in [-0.1, -0.05) is 19.9 Å². The monoisotopic (exact) mass is 210 g/mol. The summed E-state index contributed by atoms with van der Waals surface area (Å²) in [5, 5.41) is 19.0. The maximum Gasteiger partial charge on any atom is 0.161 e. The van der Waals surface area contributed by atoms with Crippen LogP contribution in [0.3, 0.4) is 0 Å². The fourth-order valence-electron chi connectivity index (χ4n) is 1.52. The Bertz CT molecular complexity index is 334. The van der Waals surface area contributed by atoms with E-state index in [0.717, 1.165) is 17.5 Å². The maximum atomic E-state index is 9.87. The molecule has 84 valence electrons. The third kappa shape index (κ3) is 2.42. The standard InChI is InChI=1S/C12H18O3/c1-4-9-5-10(8(2)7-13)12(14)11(6-9)15-3/h5-6,8,13-14H,4,7H2,1-3H3. The molecule has 0 aromatic heterocycles. The second-order valence-corrected chi connectivity index (χ2v) is 3.67. The van der Waals surface area contributed by atoms with Crippen molar-refractivity contribution in [3.05, 3.63) is 23.3 Å². The highest BCUT2D eigenvalue weighted by Crippen LogP contribution is 2.35. The SMILES string of the molecule is CCc1cc(OC)c(O)c(C(C)CO)c1. The van der Waals surface area contributed by atoms with E-state index in [-0.39, 0.29) is 18.3 Å². The van der Waals surface area contributed by atoms with Crippen molar-refractivity contribution >= 4 is 0 Å². The molecule has 0 aliphatic heterocycles. The predicted octanol–water partition coefficient (Wildman–Crippen LogP) is 2.06. The highest BCUT2D eigenvalue weighted by molar-refractivity contribution is 5.50. The molecule has 0 saturated heterocycles. The van der Waals surface area contributed by atoms with E-state index in [1.807, 2.05) is 26.0 Å². The number of phenolic OH excluding ortho intramolecular Hbond substituents is 1. The van der Waals surface area contributed by atoms with Gasteiger partial charge < -0.3 is 14.9 Å². The number of methoxy groups -OCH3 is 1. The third-order valence-corrected chi connectivity index (χ3v) is 2.60. The Morgan fingerprint density at radius 1 is 1.40 bits per heavy atom. The van der Waals surface area contributed by atoms with E-state index in [1.54, 1.807) is 0 Å². The van der Waals surface area contributed by atoms with Crippen molar-refractivity contribution in [3.63, 3.8) is 0 Å². The summed E-state index contributed by atoms with van der Waals surface area (Å²) in [6.45, 7) is 3.93. The Labute approximate surface area is 90.3 Å². The molecule has 0 aliphatic carbocycles. The average molecular weight is 210 g/mol. The fraction of sp³-hybridized carbons (Fsp3) is 0.500. The molecule has 1 unspecified atom stereocenters. The van der Waals surface area contributed by atoms with Crippen LogP contribution in [0.5, 0.6) is 11.5 Å². The molecule has 0 spiro atoms. The fourth-order valence-corrected chi connectivity index (χ4v) is 1.52. The van der Waals surface area contributed by atoms with E-state index in [1.165, 1.54) is 7.11 Å². The second kappa shape index (κ2) is 5.03. The van der Waals surface area contributed by atoms with Gasteiger partial charge in [0.2, 0.25) is 0 Å². The zero-order chi connectivity index (χ0) is 11.4. The smallest absolute Gasteiger partial charge is 0.161 e. The maximum absolute atomic E-state index is 9.87. The van der Waals surface area contributed by atoms with Crippen LogP contribution in [0.2, 0.25) is 0 Å². The summed E-state index contributed by atoms with van der Waals surface area (Å²) in [4.78, 5) is 0. The van der Waals surface area contributed by atoms with E-state index < -0.39 is 0 Å². The molecule has 0 aliphatic rings. The van der Waals surface area contributed by atoms with Crippen LogP contribution < -0.4 is 4.74 Å². The number of aliphatic hydroxyl groups excluding tert-OH is 1. The highest BCUT2D eigenvalue weighted by Gasteiger charge is 2.14. The molecule has 0 amide bonds. The minimum atomic E-state index is -0.0783. The molecule has 0 saturated carbocycles. The van der Waals surface area contributed by atoms with E-state index in [4.69, 9.17) is 9.84 Å². The summed E-state index contributed by atoms with van der Waals surface area (Å²) < 4.78 is 5.09. The zero-order valence-corrected chi connectivity index (χ0v) is 9.45. The van der Waals surface area contributed by atoms with Gasteiger partial charge in [-0.25, -0.2) is 0 Å². The summed E-state index contributed by atoms with van der Waals surface area (Å²) in [5.41, 5.74) is 1.84. The molecule has 0 fully saturated rings. The van der Waals surface area contributed by atoms with Crippen molar-refractivity contribution in [2.24, 2.45) is 0 Å². The Hall–Kier alpha value is -1.22. The molecule has 1 atom stereocenters. The lowest BCUT2D eigenvalue weighted by molar-refractivity contribution is 0.269. The first-order valence-electron chi connectivity index (χ1n) is 5.14. The normalized spacial score (nSPS) is 12.5. The van der Waals surface area contributed by atoms with Crippen molar-refractivity contribution in [3.8, 4) is 11.5 Å². The van der Waals surface area contributed by atoms with Gasteiger partial charge in [0.1, 0.15) is 0 Å². The van der Waals surface area contributed by atoms with Crippen molar-refractivity contribution < 1.29 is 14.9 Å². The molecule has 15 heavy (non-hydrogen) atoms. The number of aromatic hydroxyl groups is 1. The number of rotatable bonds is 4. The van der Waals surface area contributed by atoms with Gasteiger partial charge in [-0.2, -0.15) is 0 Å². The van der Waals surface area contributed by atoms with Gasteiger partial charge in [0.05, 0.1) is 7.11 Å². The van der Waals surface area contributed by atoms with Crippen LogP contribution in [0.4, 0.5) is 0 Å².